The van der Waals surface area contributed by atoms with E-state index in [-0.39, 0.29) is 23.4 Å². The first-order valence-corrected chi connectivity index (χ1v) is 11.0. The lowest BCUT2D eigenvalue weighted by Gasteiger charge is -2.31. The Balaban J connectivity index is 1.64. The lowest BCUT2D eigenvalue weighted by atomic mass is 9.94. The second kappa shape index (κ2) is 9.92. The van der Waals surface area contributed by atoms with Crippen molar-refractivity contribution >= 4 is 29.3 Å². The van der Waals surface area contributed by atoms with Crippen LogP contribution in [0.15, 0.2) is 47.4 Å². The fraction of sp³-hybridized carbons (Fsp3) is 0.391. The van der Waals surface area contributed by atoms with E-state index in [1.54, 1.807) is 31.2 Å². The number of nitrogens with one attached hydrogen (secondary N) is 1. The molecule has 2 aromatic rings. The molecular formula is C23H27FN2O2S. The van der Waals surface area contributed by atoms with Gasteiger partial charge in [0.1, 0.15) is 5.82 Å². The number of rotatable bonds is 6. The molecule has 0 atom stereocenters. The molecule has 0 saturated heterocycles. The summed E-state index contributed by atoms with van der Waals surface area (Å²) < 4.78 is 13.8. The second-order valence-electron chi connectivity index (χ2n) is 7.50. The highest BCUT2D eigenvalue weighted by Crippen LogP contribution is 2.26. The van der Waals surface area contributed by atoms with E-state index in [0.29, 0.717) is 22.9 Å². The Morgan fingerprint density at radius 1 is 1.14 bits per heavy atom. The van der Waals surface area contributed by atoms with Gasteiger partial charge in [-0.05, 0) is 49.6 Å². The maximum Gasteiger partial charge on any atom is 0.256 e. The van der Waals surface area contributed by atoms with Crippen LogP contribution in [-0.2, 0) is 4.79 Å². The third-order valence-corrected chi connectivity index (χ3v) is 6.49. The molecule has 0 spiro atoms. The number of benzene rings is 2. The fourth-order valence-corrected chi connectivity index (χ4v) is 4.54. The lowest BCUT2D eigenvalue weighted by molar-refractivity contribution is -0.129. The van der Waals surface area contributed by atoms with Crippen LogP contribution in [0.2, 0.25) is 0 Å². The normalized spacial score (nSPS) is 14.4. The summed E-state index contributed by atoms with van der Waals surface area (Å²) in [5.74, 6) is -0.305. The van der Waals surface area contributed by atoms with Crippen LogP contribution in [0.25, 0.3) is 0 Å². The molecule has 2 aromatic carbocycles. The highest BCUT2D eigenvalue weighted by Gasteiger charge is 2.22. The van der Waals surface area contributed by atoms with Crippen molar-refractivity contribution in [1.29, 1.82) is 0 Å². The van der Waals surface area contributed by atoms with E-state index in [9.17, 15) is 14.0 Å². The van der Waals surface area contributed by atoms with Crippen LogP contribution in [-0.4, -0.2) is 35.6 Å². The summed E-state index contributed by atoms with van der Waals surface area (Å²) in [5.41, 5.74) is 1.41. The molecule has 0 aliphatic heterocycles. The van der Waals surface area contributed by atoms with E-state index in [1.807, 2.05) is 24.1 Å². The molecule has 0 bridgehead atoms. The van der Waals surface area contributed by atoms with Gasteiger partial charge in [-0.2, -0.15) is 0 Å². The van der Waals surface area contributed by atoms with Gasteiger partial charge in [-0.3, -0.25) is 9.59 Å². The molecule has 0 heterocycles. The molecule has 2 amide bonds. The molecule has 0 radical (unpaired) electrons. The van der Waals surface area contributed by atoms with Gasteiger partial charge in [-0.15, -0.1) is 11.8 Å². The van der Waals surface area contributed by atoms with Crippen LogP contribution < -0.4 is 5.32 Å². The predicted octanol–water partition coefficient (Wildman–Crippen LogP) is 5.27. The van der Waals surface area contributed by atoms with E-state index in [2.05, 4.69) is 5.32 Å². The zero-order valence-electron chi connectivity index (χ0n) is 16.9. The van der Waals surface area contributed by atoms with Gasteiger partial charge in [-0.1, -0.05) is 37.5 Å². The number of nitrogens with zero attached hydrogens (tertiary/aromatic N) is 1. The largest absolute Gasteiger partial charge is 0.342 e. The molecule has 154 valence electrons. The third kappa shape index (κ3) is 5.60. The molecule has 29 heavy (non-hydrogen) atoms. The minimum Gasteiger partial charge on any atom is -0.342 e. The standard InChI is InChI=1S/C23H27FN2O2S/c1-16-12-13-17(14-20(16)24)25-23(28)19-10-6-7-11-21(19)29-15-22(27)26(2)18-8-4-3-5-9-18/h6-7,10-14,18H,3-5,8-9,15H2,1-2H3,(H,25,28). The van der Waals surface area contributed by atoms with Crippen molar-refractivity contribution in [2.24, 2.45) is 0 Å². The van der Waals surface area contributed by atoms with Gasteiger partial charge in [0.05, 0.1) is 11.3 Å². The Morgan fingerprint density at radius 2 is 1.86 bits per heavy atom. The SMILES string of the molecule is Cc1ccc(NC(=O)c2ccccc2SCC(=O)N(C)C2CCCCC2)cc1F. The maximum atomic E-state index is 13.8. The summed E-state index contributed by atoms with van der Waals surface area (Å²) in [4.78, 5) is 27.9. The summed E-state index contributed by atoms with van der Waals surface area (Å²) >= 11 is 1.37. The highest BCUT2D eigenvalue weighted by atomic mass is 32.2. The van der Waals surface area contributed by atoms with Gasteiger partial charge in [0.25, 0.3) is 5.91 Å². The van der Waals surface area contributed by atoms with E-state index >= 15 is 0 Å². The van der Waals surface area contributed by atoms with Gasteiger partial charge >= 0.3 is 0 Å². The summed E-state index contributed by atoms with van der Waals surface area (Å²) in [5, 5.41) is 2.74. The van der Waals surface area contributed by atoms with Crippen LogP contribution in [0.1, 0.15) is 48.0 Å². The first-order chi connectivity index (χ1) is 14.0. The van der Waals surface area contributed by atoms with Crippen LogP contribution >= 0.6 is 11.8 Å². The van der Waals surface area contributed by atoms with Gasteiger partial charge in [0, 0.05) is 23.7 Å². The monoisotopic (exact) mass is 414 g/mol. The van der Waals surface area contributed by atoms with E-state index in [1.165, 1.54) is 37.1 Å². The van der Waals surface area contributed by atoms with Gasteiger partial charge in [-0.25, -0.2) is 4.39 Å². The quantitative estimate of drug-likeness (QED) is 0.655. The fourth-order valence-electron chi connectivity index (χ4n) is 3.56. The van der Waals surface area contributed by atoms with Gasteiger partial charge < -0.3 is 10.2 Å². The van der Waals surface area contributed by atoms with Crippen LogP contribution in [0, 0.1) is 12.7 Å². The average molecular weight is 415 g/mol. The number of halogens is 1. The first-order valence-electron chi connectivity index (χ1n) is 10.0. The molecule has 4 nitrogen and oxygen atoms in total. The average Bonchev–Trinajstić information content (AvgIpc) is 2.75. The Hall–Kier alpha value is -2.34. The van der Waals surface area contributed by atoms with Crippen molar-refractivity contribution in [3.63, 3.8) is 0 Å². The first kappa shape index (κ1) is 21.4. The minimum atomic E-state index is -0.359. The Morgan fingerprint density at radius 3 is 2.59 bits per heavy atom. The van der Waals surface area contributed by atoms with Crippen LogP contribution in [0.3, 0.4) is 0 Å². The van der Waals surface area contributed by atoms with Crippen molar-refractivity contribution in [3.8, 4) is 0 Å². The van der Waals surface area contributed by atoms with Crippen molar-refractivity contribution in [2.45, 2.75) is 50.0 Å². The molecule has 0 unspecified atom stereocenters. The predicted molar refractivity (Wildman–Crippen MR) is 116 cm³/mol. The van der Waals surface area contributed by atoms with Crippen molar-refractivity contribution in [1.82, 2.24) is 4.90 Å². The molecule has 0 aromatic heterocycles. The summed E-state index contributed by atoms with van der Waals surface area (Å²) in [6.07, 6.45) is 5.74. The number of hydrogen-bond acceptors (Lipinski definition) is 3. The maximum absolute atomic E-state index is 13.8. The molecule has 1 aliphatic carbocycles. The topological polar surface area (TPSA) is 49.4 Å². The van der Waals surface area contributed by atoms with Crippen LogP contribution in [0.5, 0.6) is 0 Å². The van der Waals surface area contributed by atoms with Crippen molar-refractivity contribution in [3.05, 3.63) is 59.4 Å². The summed E-state index contributed by atoms with van der Waals surface area (Å²) in [6, 6.07) is 12.1. The Kier molecular flexibility index (Phi) is 7.31. The summed E-state index contributed by atoms with van der Waals surface area (Å²) in [7, 11) is 1.88. The third-order valence-electron chi connectivity index (χ3n) is 5.43. The van der Waals surface area contributed by atoms with Crippen molar-refractivity contribution < 1.29 is 14.0 Å². The Bertz CT molecular complexity index is 881. The zero-order valence-corrected chi connectivity index (χ0v) is 17.7. The van der Waals surface area contributed by atoms with Gasteiger partial charge in [0.2, 0.25) is 5.91 Å². The molecule has 6 heteroatoms. The number of hydrogen-bond donors (Lipinski definition) is 1. The number of carbonyl (C=O) groups is 2. The van der Waals surface area contributed by atoms with Crippen LogP contribution in [0.4, 0.5) is 10.1 Å². The number of thioether (sulfide) groups is 1. The Labute approximate surface area is 175 Å². The molecule has 1 N–H and O–H groups in total. The lowest BCUT2D eigenvalue weighted by Crippen LogP contribution is -2.39. The van der Waals surface area contributed by atoms with E-state index < -0.39 is 0 Å². The second-order valence-corrected chi connectivity index (χ2v) is 8.52. The zero-order chi connectivity index (χ0) is 20.8. The van der Waals surface area contributed by atoms with E-state index in [0.717, 1.165) is 17.7 Å². The number of anilines is 1. The van der Waals surface area contributed by atoms with Gasteiger partial charge in [0.15, 0.2) is 0 Å². The smallest absolute Gasteiger partial charge is 0.256 e. The molecule has 1 aliphatic rings. The number of aryl methyl sites for hydroxylation is 1. The van der Waals surface area contributed by atoms with Crippen molar-refractivity contribution in [2.75, 3.05) is 18.1 Å². The highest BCUT2D eigenvalue weighted by molar-refractivity contribution is 8.00. The molecule has 1 fully saturated rings. The summed E-state index contributed by atoms with van der Waals surface area (Å²) in [6.45, 7) is 1.67. The molecular weight excluding hydrogens is 387 g/mol. The minimum absolute atomic E-state index is 0.0812. The number of carbonyl (C=O) groups excluding carboxylic acids is 2. The molecule has 3 rings (SSSR count). The number of amides is 2. The van der Waals surface area contributed by atoms with E-state index in [4.69, 9.17) is 0 Å². The molecule has 1 saturated carbocycles.